The number of nitrogens with zero attached hydrogens (tertiary/aromatic N) is 2. The van der Waals surface area contributed by atoms with E-state index in [0.717, 1.165) is 50.1 Å². The molecule has 0 bridgehead atoms. The molecule has 11 atom stereocenters. The van der Waals surface area contributed by atoms with Crippen molar-refractivity contribution in [3.8, 4) is 0 Å². The number of hydrogen-bond donors (Lipinski definition) is 0. The van der Waals surface area contributed by atoms with E-state index in [1.807, 2.05) is 0 Å². The Morgan fingerprint density at radius 3 is 2.45 bits per heavy atom. The van der Waals surface area contributed by atoms with Gasteiger partial charge in [0.2, 0.25) is 0 Å². The fraction of sp³-hybridized carbons (Fsp3) is 0.439. The van der Waals surface area contributed by atoms with Crippen LogP contribution in [-0.4, -0.2) is 29.8 Å². The van der Waals surface area contributed by atoms with E-state index in [9.17, 15) is 0 Å². The predicted molar refractivity (Wildman–Crippen MR) is 252 cm³/mol. The second-order valence-electron chi connectivity index (χ2n) is 18.9. The van der Waals surface area contributed by atoms with Crippen LogP contribution in [0.3, 0.4) is 0 Å². The fourth-order valence-electron chi connectivity index (χ4n) is 12.1. The summed E-state index contributed by atoms with van der Waals surface area (Å²) in [6.45, 7) is 6.48. The Kier molecular flexibility index (Phi) is 11.7. The minimum absolute atomic E-state index is 0.0472. The summed E-state index contributed by atoms with van der Waals surface area (Å²) < 4.78 is 6.50. The molecule has 1 saturated carbocycles. The lowest BCUT2D eigenvalue weighted by Gasteiger charge is -2.39. The number of aliphatic imine (C=N–C) groups is 2. The Bertz CT molecular complexity index is 2230. The van der Waals surface area contributed by atoms with E-state index in [0.29, 0.717) is 41.4 Å². The van der Waals surface area contributed by atoms with Crippen LogP contribution in [0.4, 0.5) is 0 Å². The van der Waals surface area contributed by atoms with Crippen molar-refractivity contribution in [2.75, 3.05) is 0 Å². The standard InChI is InChI=1S/C57H64N2O/c1-3-16-53(52-28-15-27-50-49-25-12-13-26-51(49)55-56(60-55)54(50)52)59-57(44-35-31-40(32-36-44)39-17-6-4-7-18-39)58-38(2)45-21-14-22-46(37-45)41-29-33-43(34-30-41)48-24-11-10-23-47(48)42-19-8-5-9-20-42/h3,5-6,8,12-15,17-19,21-23,25-26,28-29,31-33,35,41,43-44,46,48-51,53,55-56H,1,4,7,9-11,16,20,24,27,30,34,36-37H2,2H3. The van der Waals surface area contributed by atoms with Crippen LogP contribution < -0.4 is 0 Å². The molecule has 0 radical (unpaired) electrons. The number of fused-ring (bicyclic) bond motifs is 6. The summed E-state index contributed by atoms with van der Waals surface area (Å²) in [5.74, 6) is 4.87. The minimum Gasteiger partial charge on any atom is -0.364 e. The maximum Gasteiger partial charge on any atom is 0.131 e. The molecular formula is C57H64N2O. The van der Waals surface area contributed by atoms with Crippen molar-refractivity contribution in [2.24, 2.45) is 57.3 Å². The molecule has 1 saturated heterocycles. The van der Waals surface area contributed by atoms with E-state index in [1.165, 1.54) is 72.8 Å². The highest BCUT2D eigenvalue weighted by Crippen LogP contribution is 2.56. The molecule has 1 aliphatic heterocycles. The van der Waals surface area contributed by atoms with Crippen LogP contribution >= 0.6 is 0 Å². The summed E-state index contributed by atoms with van der Waals surface area (Å²) in [6, 6.07) is -0.0472. The number of rotatable bonds is 10. The van der Waals surface area contributed by atoms with Crippen LogP contribution in [0.2, 0.25) is 0 Å². The zero-order chi connectivity index (χ0) is 40.4. The van der Waals surface area contributed by atoms with Gasteiger partial charge in [-0.3, -0.25) is 4.99 Å². The Balaban J connectivity index is 0.910. The zero-order valence-corrected chi connectivity index (χ0v) is 35.8. The monoisotopic (exact) mass is 793 g/mol. The molecule has 11 unspecified atom stereocenters. The third kappa shape index (κ3) is 8.12. The second kappa shape index (κ2) is 17.8. The summed E-state index contributed by atoms with van der Waals surface area (Å²) >= 11 is 0. The predicted octanol–water partition coefficient (Wildman–Crippen LogP) is 13.7. The molecule has 3 nitrogen and oxygen atoms in total. The van der Waals surface area contributed by atoms with E-state index >= 15 is 0 Å². The molecule has 3 heteroatoms. The molecule has 0 aromatic rings. The molecule has 0 aromatic carbocycles. The Hall–Kier alpha value is -4.60. The van der Waals surface area contributed by atoms with Crippen LogP contribution in [-0.2, 0) is 4.74 Å². The summed E-state index contributed by atoms with van der Waals surface area (Å²) in [5.41, 5.74) is 11.2. The first-order chi connectivity index (χ1) is 29.6. The number of epoxide rings is 1. The van der Waals surface area contributed by atoms with Gasteiger partial charge in [-0.25, -0.2) is 4.99 Å². The largest absolute Gasteiger partial charge is 0.364 e. The molecule has 2 fully saturated rings. The van der Waals surface area contributed by atoms with Crippen molar-refractivity contribution in [3.05, 3.63) is 179 Å². The van der Waals surface area contributed by atoms with E-state index in [2.05, 4.69) is 147 Å². The maximum absolute atomic E-state index is 6.50. The Morgan fingerprint density at radius 1 is 0.767 bits per heavy atom. The third-order valence-corrected chi connectivity index (χ3v) is 15.3. The van der Waals surface area contributed by atoms with Crippen LogP contribution in [0.25, 0.3) is 0 Å². The van der Waals surface area contributed by atoms with Crippen molar-refractivity contribution < 1.29 is 4.74 Å². The second-order valence-corrected chi connectivity index (χ2v) is 18.9. The Morgan fingerprint density at radius 2 is 1.65 bits per heavy atom. The SMILES string of the molecule is C=CCC(N=C(N=C(C)C1=CC=CC(C2C=CC(C3CCCC=C3C3=CC=CCC3)CC2)C1)C1C=CC(C2=CCCC=C2)=CC1)C1=C2C(CC=C1)C1C=CC=CC1C1OC21. The highest BCUT2D eigenvalue weighted by molar-refractivity contribution is 6.07. The van der Waals surface area contributed by atoms with Gasteiger partial charge in [-0.05, 0) is 165 Å². The topological polar surface area (TPSA) is 37.2 Å². The number of ether oxygens (including phenoxy) is 1. The zero-order valence-electron chi connectivity index (χ0n) is 35.8. The lowest BCUT2D eigenvalue weighted by molar-refractivity contribution is 0.288. The Labute approximate surface area is 360 Å². The highest BCUT2D eigenvalue weighted by Gasteiger charge is 2.57. The molecule has 0 N–H and O–H groups in total. The van der Waals surface area contributed by atoms with Gasteiger partial charge >= 0.3 is 0 Å². The van der Waals surface area contributed by atoms with Crippen LogP contribution in [0.15, 0.2) is 189 Å². The number of amidine groups is 1. The van der Waals surface area contributed by atoms with Gasteiger partial charge in [0, 0.05) is 17.5 Å². The van der Waals surface area contributed by atoms with Crippen LogP contribution in [0, 0.1) is 47.3 Å². The van der Waals surface area contributed by atoms with Gasteiger partial charge in [0.25, 0.3) is 0 Å². The van der Waals surface area contributed by atoms with Gasteiger partial charge in [0.1, 0.15) is 11.9 Å². The smallest absolute Gasteiger partial charge is 0.131 e. The maximum atomic E-state index is 6.50. The minimum atomic E-state index is -0.0472. The average molecular weight is 793 g/mol. The van der Waals surface area contributed by atoms with Crippen molar-refractivity contribution in [1.82, 2.24) is 0 Å². The van der Waals surface area contributed by atoms with Gasteiger partial charge in [0.05, 0.1) is 12.1 Å². The van der Waals surface area contributed by atoms with Gasteiger partial charge in [-0.2, -0.15) is 0 Å². The van der Waals surface area contributed by atoms with Crippen molar-refractivity contribution in [2.45, 2.75) is 109 Å². The molecule has 10 rings (SSSR count). The molecule has 308 valence electrons. The van der Waals surface area contributed by atoms with E-state index in [-0.39, 0.29) is 24.2 Å². The molecule has 0 aromatic heterocycles. The quantitative estimate of drug-likeness (QED) is 0.0939. The van der Waals surface area contributed by atoms with Crippen molar-refractivity contribution >= 4 is 11.5 Å². The van der Waals surface area contributed by atoms with Gasteiger partial charge < -0.3 is 4.74 Å². The molecule has 1 heterocycles. The van der Waals surface area contributed by atoms with Crippen molar-refractivity contribution in [3.63, 3.8) is 0 Å². The molecular weight excluding hydrogens is 729 g/mol. The molecule has 0 amide bonds. The fourth-order valence-corrected chi connectivity index (χ4v) is 12.1. The van der Waals surface area contributed by atoms with E-state index in [4.69, 9.17) is 14.7 Å². The van der Waals surface area contributed by atoms with Crippen molar-refractivity contribution in [1.29, 1.82) is 0 Å². The highest BCUT2D eigenvalue weighted by atomic mass is 16.6. The van der Waals surface area contributed by atoms with E-state index < -0.39 is 0 Å². The van der Waals surface area contributed by atoms with E-state index in [1.54, 1.807) is 11.1 Å². The normalized spacial score (nSPS) is 36.0. The van der Waals surface area contributed by atoms with Crippen LogP contribution in [0.5, 0.6) is 0 Å². The molecule has 9 aliphatic carbocycles. The number of allylic oxidation sites excluding steroid dienone is 23. The van der Waals surface area contributed by atoms with Gasteiger partial charge in [0.15, 0.2) is 0 Å². The lowest BCUT2D eigenvalue weighted by Crippen LogP contribution is -2.37. The van der Waals surface area contributed by atoms with Crippen LogP contribution in [0.1, 0.15) is 90.4 Å². The third-order valence-electron chi connectivity index (χ3n) is 15.3. The summed E-state index contributed by atoms with van der Waals surface area (Å²) in [7, 11) is 0. The molecule has 0 spiro atoms. The summed E-state index contributed by atoms with van der Waals surface area (Å²) in [4.78, 5) is 11.3. The summed E-state index contributed by atoms with van der Waals surface area (Å²) in [5, 5.41) is 0. The molecule has 60 heavy (non-hydrogen) atoms. The van der Waals surface area contributed by atoms with Gasteiger partial charge in [-0.1, -0.05) is 134 Å². The lowest BCUT2D eigenvalue weighted by atomic mass is 9.64. The van der Waals surface area contributed by atoms with Gasteiger partial charge in [-0.15, -0.1) is 6.58 Å². The first-order valence-electron chi connectivity index (χ1n) is 23.7. The molecule has 10 aliphatic rings. The first kappa shape index (κ1) is 39.5. The average Bonchev–Trinajstić information content (AvgIpc) is 4.14. The first-order valence-corrected chi connectivity index (χ1v) is 23.7. The summed E-state index contributed by atoms with van der Waals surface area (Å²) in [6.07, 6.45) is 67.4. The number of hydrogen-bond acceptors (Lipinski definition) is 2.